The van der Waals surface area contributed by atoms with Crippen molar-refractivity contribution in [2.75, 3.05) is 24.7 Å². The van der Waals surface area contributed by atoms with Gasteiger partial charge >= 0.3 is 6.03 Å². The van der Waals surface area contributed by atoms with E-state index in [0.717, 1.165) is 0 Å². The fraction of sp³-hybridized carbons (Fsp3) is 0.636. The van der Waals surface area contributed by atoms with Crippen molar-refractivity contribution in [1.29, 1.82) is 0 Å². The molecular formula is C11H17N3O3S. The number of likely N-dealkylation sites (N-methyl/N-ethyl adjacent to an activating group) is 1. The fourth-order valence-corrected chi connectivity index (χ4v) is 2.03. The molecule has 100 valence electrons. The Labute approximate surface area is 110 Å². The summed E-state index contributed by atoms with van der Waals surface area (Å²) in [5.41, 5.74) is 0. The van der Waals surface area contributed by atoms with Gasteiger partial charge < -0.3 is 14.5 Å². The molecule has 6 nitrogen and oxygen atoms in total. The summed E-state index contributed by atoms with van der Waals surface area (Å²) in [5.74, 6) is 1.04. The molecule has 1 aromatic heterocycles. The topological polar surface area (TPSA) is 69.8 Å². The molecule has 1 saturated heterocycles. The number of rotatable bonds is 3. The number of aromatic nitrogens is 1. The maximum atomic E-state index is 11.8. The molecule has 0 saturated carbocycles. The summed E-state index contributed by atoms with van der Waals surface area (Å²) in [6.45, 7) is 4.29. The lowest BCUT2D eigenvalue weighted by Gasteiger charge is -2.17. The van der Waals surface area contributed by atoms with E-state index < -0.39 is 6.23 Å². The van der Waals surface area contributed by atoms with E-state index in [1.54, 1.807) is 24.9 Å². The number of amides is 2. The SMILES string of the molecule is CSC(C)(C)c1cc(N2C(=O)N(C)CC2O)no1. The van der Waals surface area contributed by atoms with Gasteiger partial charge in [-0.2, -0.15) is 11.8 Å². The third kappa shape index (κ3) is 2.08. The largest absolute Gasteiger partial charge is 0.371 e. The zero-order valence-electron chi connectivity index (χ0n) is 10.9. The Balaban J connectivity index is 2.28. The second-order valence-corrected chi connectivity index (χ2v) is 6.21. The van der Waals surface area contributed by atoms with Gasteiger partial charge in [0.25, 0.3) is 0 Å². The molecular weight excluding hydrogens is 254 g/mol. The van der Waals surface area contributed by atoms with E-state index >= 15 is 0 Å². The Morgan fingerprint density at radius 1 is 1.61 bits per heavy atom. The number of hydrogen-bond acceptors (Lipinski definition) is 5. The molecule has 2 amide bonds. The molecule has 2 heterocycles. The molecule has 1 aliphatic heterocycles. The monoisotopic (exact) mass is 271 g/mol. The third-order valence-corrected chi connectivity index (χ3v) is 4.34. The van der Waals surface area contributed by atoms with Gasteiger partial charge in [0.2, 0.25) is 0 Å². The highest BCUT2D eigenvalue weighted by Crippen LogP contribution is 2.36. The molecule has 18 heavy (non-hydrogen) atoms. The summed E-state index contributed by atoms with van der Waals surface area (Å²) in [7, 11) is 1.64. The summed E-state index contributed by atoms with van der Waals surface area (Å²) < 4.78 is 5.05. The quantitative estimate of drug-likeness (QED) is 0.901. The molecule has 0 aliphatic carbocycles. The number of nitrogens with zero attached hydrogens (tertiary/aromatic N) is 3. The second-order valence-electron chi connectivity index (χ2n) is 4.78. The van der Waals surface area contributed by atoms with Crippen LogP contribution in [-0.4, -0.2) is 47.3 Å². The molecule has 0 spiro atoms. The minimum absolute atomic E-state index is 0.217. The highest BCUT2D eigenvalue weighted by atomic mass is 32.2. The number of aliphatic hydroxyl groups excluding tert-OH is 1. The average Bonchev–Trinajstić information content (AvgIpc) is 2.86. The van der Waals surface area contributed by atoms with E-state index in [2.05, 4.69) is 5.16 Å². The van der Waals surface area contributed by atoms with Crippen molar-refractivity contribution in [2.45, 2.75) is 24.8 Å². The summed E-state index contributed by atoms with van der Waals surface area (Å²) in [6.07, 6.45) is 1.10. The molecule has 0 radical (unpaired) electrons. The van der Waals surface area contributed by atoms with Gasteiger partial charge in [-0.15, -0.1) is 0 Å². The Morgan fingerprint density at radius 3 is 2.78 bits per heavy atom. The fourth-order valence-electron chi connectivity index (χ4n) is 1.73. The average molecular weight is 271 g/mol. The van der Waals surface area contributed by atoms with Crippen molar-refractivity contribution in [3.05, 3.63) is 11.8 Å². The number of carbonyl (C=O) groups is 1. The molecule has 1 fully saturated rings. The van der Waals surface area contributed by atoms with Gasteiger partial charge in [-0.05, 0) is 20.1 Å². The first-order chi connectivity index (χ1) is 8.36. The molecule has 1 N–H and O–H groups in total. The Morgan fingerprint density at radius 2 is 2.28 bits per heavy atom. The van der Waals surface area contributed by atoms with Gasteiger partial charge in [-0.1, -0.05) is 5.16 Å². The van der Waals surface area contributed by atoms with Crippen molar-refractivity contribution >= 4 is 23.6 Å². The van der Waals surface area contributed by atoms with Crippen LogP contribution in [0.3, 0.4) is 0 Å². The number of thioether (sulfide) groups is 1. The van der Waals surface area contributed by atoms with Crippen LogP contribution in [0.15, 0.2) is 10.6 Å². The number of hydrogen-bond donors (Lipinski definition) is 1. The molecule has 7 heteroatoms. The van der Waals surface area contributed by atoms with Crippen molar-refractivity contribution in [2.24, 2.45) is 0 Å². The van der Waals surface area contributed by atoms with Crippen LogP contribution < -0.4 is 4.90 Å². The van der Waals surface area contributed by atoms with Crippen molar-refractivity contribution in [3.63, 3.8) is 0 Å². The van der Waals surface area contributed by atoms with E-state index in [9.17, 15) is 9.90 Å². The molecule has 0 bridgehead atoms. The van der Waals surface area contributed by atoms with Crippen LogP contribution >= 0.6 is 11.8 Å². The number of aliphatic hydroxyl groups is 1. The summed E-state index contributed by atoms with van der Waals surface area (Å²) >= 11 is 1.63. The Bertz CT molecular complexity index is 460. The molecule has 1 unspecified atom stereocenters. The van der Waals surface area contributed by atoms with Crippen LogP contribution in [0.25, 0.3) is 0 Å². The standard InChI is InChI=1S/C11H17N3O3S/c1-11(2,18-4)7-5-8(12-17-7)14-9(15)6-13(3)10(14)16/h5,9,15H,6H2,1-4H3. The predicted molar refractivity (Wildman–Crippen MR) is 69.6 cm³/mol. The first kappa shape index (κ1) is 13.2. The van der Waals surface area contributed by atoms with Crippen LogP contribution in [0.4, 0.5) is 10.6 Å². The number of carbonyl (C=O) groups excluding carboxylic acids is 1. The summed E-state index contributed by atoms with van der Waals surface area (Å²) in [4.78, 5) is 14.5. The number of anilines is 1. The maximum absolute atomic E-state index is 11.8. The lowest BCUT2D eigenvalue weighted by atomic mass is 10.1. The van der Waals surface area contributed by atoms with Crippen LogP contribution in [0, 0.1) is 0 Å². The van der Waals surface area contributed by atoms with Crippen LogP contribution in [0.2, 0.25) is 0 Å². The van der Waals surface area contributed by atoms with Crippen LogP contribution in [0.5, 0.6) is 0 Å². The molecule has 1 aliphatic rings. The van der Waals surface area contributed by atoms with E-state index in [0.29, 0.717) is 11.6 Å². The lowest BCUT2D eigenvalue weighted by Crippen LogP contribution is -2.34. The van der Waals surface area contributed by atoms with Crippen molar-refractivity contribution in [3.8, 4) is 0 Å². The minimum Gasteiger partial charge on any atom is -0.371 e. The summed E-state index contributed by atoms with van der Waals surface area (Å²) in [6, 6.07) is 1.43. The highest BCUT2D eigenvalue weighted by molar-refractivity contribution is 7.99. The second kappa shape index (κ2) is 4.47. The maximum Gasteiger partial charge on any atom is 0.327 e. The smallest absolute Gasteiger partial charge is 0.327 e. The first-order valence-corrected chi connectivity index (χ1v) is 6.84. The third-order valence-electron chi connectivity index (χ3n) is 3.12. The van der Waals surface area contributed by atoms with Crippen LogP contribution in [-0.2, 0) is 4.75 Å². The highest BCUT2D eigenvalue weighted by Gasteiger charge is 2.37. The van der Waals surface area contributed by atoms with Gasteiger partial charge in [0.1, 0.15) is 0 Å². The van der Waals surface area contributed by atoms with Crippen LogP contribution in [0.1, 0.15) is 19.6 Å². The molecule has 2 rings (SSSR count). The molecule has 1 aromatic rings. The zero-order valence-corrected chi connectivity index (χ0v) is 11.7. The van der Waals surface area contributed by atoms with E-state index in [1.165, 1.54) is 9.80 Å². The number of urea groups is 1. The minimum atomic E-state index is -0.877. The van der Waals surface area contributed by atoms with E-state index in [1.807, 2.05) is 20.1 Å². The lowest BCUT2D eigenvalue weighted by molar-refractivity contribution is 0.182. The molecule has 1 atom stereocenters. The van der Waals surface area contributed by atoms with Gasteiger partial charge in [0, 0.05) is 13.1 Å². The number of β-amino-alcohol motifs (C(OH)–C–C–N with tert-alkyl or cyclic N) is 1. The Kier molecular flexibility index (Phi) is 3.29. The van der Waals surface area contributed by atoms with Gasteiger partial charge in [-0.3, -0.25) is 0 Å². The molecule has 0 aromatic carbocycles. The van der Waals surface area contributed by atoms with Gasteiger partial charge in [0.15, 0.2) is 17.8 Å². The van der Waals surface area contributed by atoms with E-state index in [-0.39, 0.29) is 17.3 Å². The zero-order chi connectivity index (χ0) is 13.5. The summed E-state index contributed by atoms with van der Waals surface area (Å²) in [5, 5.41) is 13.7. The normalized spacial score (nSPS) is 20.9. The predicted octanol–water partition coefficient (Wildman–Crippen LogP) is 1.46. The van der Waals surface area contributed by atoms with Gasteiger partial charge in [-0.25, -0.2) is 9.69 Å². The van der Waals surface area contributed by atoms with E-state index in [4.69, 9.17) is 4.52 Å². The van der Waals surface area contributed by atoms with Gasteiger partial charge in [0.05, 0.1) is 11.3 Å². The van der Waals surface area contributed by atoms with Crippen molar-refractivity contribution in [1.82, 2.24) is 10.1 Å². The first-order valence-electron chi connectivity index (χ1n) is 5.61. The van der Waals surface area contributed by atoms with Crippen molar-refractivity contribution < 1.29 is 14.4 Å². The Hall–Kier alpha value is -1.21.